The van der Waals surface area contributed by atoms with Crippen molar-refractivity contribution in [1.29, 1.82) is 5.26 Å². The Balaban J connectivity index is 2.33. The van der Waals surface area contributed by atoms with Crippen LogP contribution in [0.25, 0.3) is 0 Å². The number of rotatable bonds is 3. The third kappa shape index (κ3) is 2.48. The van der Waals surface area contributed by atoms with E-state index in [4.69, 9.17) is 0 Å². The fourth-order valence-corrected chi connectivity index (χ4v) is 3.31. The minimum absolute atomic E-state index is 0.480. The molecule has 0 saturated carbocycles. The highest BCUT2D eigenvalue weighted by molar-refractivity contribution is 7.99. The molecule has 90 valence electrons. The van der Waals surface area contributed by atoms with Crippen molar-refractivity contribution in [2.45, 2.75) is 30.7 Å². The molecule has 1 aliphatic rings. The van der Waals surface area contributed by atoms with E-state index in [2.05, 4.69) is 37.4 Å². The molecule has 0 radical (unpaired) electrons. The van der Waals surface area contributed by atoms with Crippen molar-refractivity contribution in [3.63, 3.8) is 0 Å². The summed E-state index contributed by atoms with van der Waals surface area (Å²) in [5, 5.41) is 13.0. The predicted octanol–water partition coefficient (Wildman–Crippen LogP) is 3.15. The summed E-state index contributed by atoms with van der Waals surface area (Å²) in [5.74, 6) is 1.57. The monoisotopic (exact) mass is 246 g/mol. The molecule has 17 heavy (non-hydrogen) atoms. The van der Waals surface area contributed by atoms with Gasteiger partial charge in [-0.15, -0.1) is 11.8 Å². The maximum atomic E-state index is 9.58. The Kier molecular flexibility index (Phi) is 3.76. The number of nitrogens with zero attached hydrogens (tertiary/aromatic N) is 1. The zero-order valence-corrected chi connectivity index (χ0v) is 11.2. The van der Waals surface area contributed by atoms with Crippen LogP contribution < -0.4 is 5.32 Å². The van der Waals surface area contributed by atoms with Gasteiger partial charge in [-0.3, -0.25) is 5.32 Å². The van der Waals surface area contributed by atoms with Crippen LogP contribution in [0.5, 0.6) is 0 Å². The number of nitrogens with one attached hydrogen (secondary N) is 1. The van der Waals surface area contributed by atoms with E-state index in [-0.39, 0.29) is 0 Å². The van der Waals surface area contributed by atoms with Crippen molar-refractivity contribution in [3.05, 3.63) is 29.8 Å². The van der Waals surface area contributed by atoms with Crippen LogP contribution in [0.1, 0.15) is 25.8 Å². The van der Waals surface area contributed by atoms with E-state index >= 15 is 0 Å². The van der Waals surface area contributed by atoms with Gasteiger partial charge in [0.25, 0.3) is 0 Å². The van der Waals surface area contributed by atoms with E-state index in [9.17, 15) is 5.26 Å². The van der Waals surface area contributed by atoms with Gasteiger partial charge in [0.05, 0.1) is 6.07 Å². The summed E-state index contributed by atoms with van der Waals surface area (Å²) in [7, 11) is 0. The summed E-state index contributed by atoms with van der Waals surface area (Å²) in [6.45, 7) is 5.22. The molecule has 0 amide bonds. The predicted molar refractivity (Wildman–Crippen MR) is 71.9 cm³/mol. The molecule has 0 fully saturated rings. The van der Waals surface area contributed by atoms with Gasteiger partial charge in [0.1, 0.15) is 5.54 Å². The van der Waals surface area contributed by atoms with E-state index < -0.39 is 5.54 Å². The average Bonchev–Trinajstić information content (AvgIpc) is 2.36. The normalized spacial score (nSPS) is 23.2. The molecule has 1 N–H and O–H groups in total. The van der Waals surface area contributed by atoms with Gasteiger partial charge in [0.2, 0.25) is 0 Å². The quantitative estimate of drug-likeness (QED) is 0.890. The van der Waals surface area contributed by atoms with E-state index in [0.29, 0.717) is 5.92 Å². The van der Waals surface area contributed by atoms with Gasteiger partial charge in [-0.25, -0.2) is 0 Å². The van der Waals surface area contributed by atoms with Crippen LogP contribution in [0.4, 0.5) is 0 Å². The van der Waals surface area contributed by atoms with Crippen LogP contribution in [0, 0.1) is 17.2 Å². The van der Waals surface area contributed by atoms with Gasteiger partial charge in [0, 0.05) is 10.6 Å². The molecule has 3 heteroatoms. The Morgan fingerprint density at radius 2 is 2.24 bits per heavy atom. The van der Waals surface area contributed by atoms with E-state index in [0.717, 1.165) is 24.3 Å². The second kappa shape index (κ2) is 5.12. The Bertz CT molecular complexity index is 436. The van der Waals surface area contributed by atoms with Gasteiger partial charge in [0.15, 0.2) is 0 Å². The number of thioether (sulfide) groups is 1. The third-order valence-electron chi connectivity index (χ3n) is 3.08. The van der Waals surface area contributed by atoms with Crippen LogP contribution in [-0.2, 0) is 5.54 Å². The third-order valence-corrected chi connectivity index (χ3v) is 4.16. The number of hydrogen-bond acceptors (Lipinski definition) is 3. The van der Waals surface area contributed by atoms with Gasteiger partial charge >= 0.3 is 0 Å². The van der Waals surface area contributed by atoms with Crippen molar-refractivity contribution >= 4 is 11.8 Å². The van der Waals surface area contributed by atoms with Crippen molar-refractivity contribution in [3.8, 4) is 6.07 Å². The topological polar surface area (TPSA) is 35.8 Å². The number of nitriles is 1. The molecule has 1 aliphatic heterocycles. The number of hydrogen-bond donors (Lipinski definition) is 1. The van der Waals surface area contributed by atoms with Crippen molar-refractivity contribution in [2.75, 3.05) is 12.3 Å². The number of fused-ring (bicyclic) bond motifs is 1. The Hall–Kier alpha value is -0.980. The van der Waals surface area contributed by atoms with Gasteiger partial charge in [-0.2, -0.15) is 5.26 Å². The molecule has 2 rings (SSSR count). The first kappa shape index (κ1) is 12.5. The fraction of sp³-hybridized carbons (Fsp3) is 0.500. The van der Waals surface area contributed by atoms with E-state index in [1.165, 1.54) is 4.90 Å². The molecule has 1 aromatic carbocycles. The molecule has 0 saturated heterocycles. The molecule has 1 heterocycles. The lowest BCUT2D eigenvalue weighted by molar-refractivity contribution is 0.377. The minimum Gasteiger partial charge on any atom is -0.295 e. The number of benzene rings is 1. The molecule has 0 bridgehead atoms. The Morgan fingerprint density at radius 3 is 2.94 bits per heavy atom. The first-order valence-corrected chi connectivity index (χ1v) is 7.05. The summed E-state index contributed by atoms with van der Waals surface area (Å²) < 4.78 is 0. The van der Waals surface area contributed by atoms with Crippen LogP contribution >= 0.6 is 11.8 Å². The smallest absolute Gasteiger partial charge is 0.134 e. The largest absolute Gasteiger partial charge is 0.295 e. The summed E-state index contributed by atoms with van der Waals surface area (Å²) in [6.07, 6.45) is 0.887. The zero-order valence-electron chi connectivity index (χ0n) is 10.4. The molecular formula is C14H18N2S. The maximum Gasteiger partial charge on any atom is 0.134 e. The summed E-state index contributed by atoms with van der Waals surface area (Å²) in [6, 6.07) is 10.8. The van der Waals surface area contributed by atoms with Crippen molar-refractivity contribution in [1.82, 2.24) is 5.32 Å². The standard InChI is InChI=1S/C14H18N2S/c1-11(2)9-16-14(10-15)7-8-17-13-6-4-3-5-12(13)14/h3-6,11,16H,7-9H2,1-2H3. The molecular weight excluding hydrogens is 228 g/mol. The van der Waals surface area contributed by atoms with Gasteiger partial charge < -0.3 is 0 Å². The molecule has 1 atom stereocenters. The highest BCUT2D eigenvalue weighted by Crippen LogP contribution is 2.39. The minimum atomic E-state index is -0.480. The Morgan fingerprint density at radius 1 is 1.47 bits per heavy atom. The van der Waals surface area contributed by atoms with Gasteiger partial charge in [-0.1, -0.05) is 32.0 Å². The molecule has 1 unspecified atom stereocenters. The van der Waals surface area contributed by atoms with Crippen molar-refractivity contribution < 1.29 is 0 Å². The van der Waals surface area contributed by atoms with Crippen molar-refractivity contribution in [2.24, 2.45) is 5.92 Å². The van der Waals surface area contributed by atoms with E-state index in [1.807, 2.05) is 23.9 Å². The zero-order chi connectivity index (χ0) is 12.3. The summed E-state index contributed by atoms with van der Waals surface area (Å²) >= 11 is 1.85. The maximum absolute atomic E-state index is 9.58. The lowest BCUT2D eigenvalue weighted by Crippen LogP contribution is -2.45. The van der Waals surface area contributed by atoms with Crippen LogP contribution in [0.3, 0.4) is 0 Å². The second-order valence-electron chi connectivity index (χ2n) is 4.89. The van der Waals surface area contributed by atoms with Crippen LogP contribution in [-0.4, -0.2) is 12.3 Å². The molecule has 0 spiro atoms. The first-order chi connectivity index (χ1) is 8.18. The Labute approximate surface area is 107 Å². The summed E-state index contributed by atoms with van der Waals surface area (Å²) in [5.41, 5.74) is 0.672. The average molecular weight is 246 g/mol. The van der Waals surface area contributed by atoms with Gasteiger partial charge in [-0.05, 0) is 30.5 Å². The fourth-order valence-electron chi connectivity index (χ4n) is 2.11. The highest BCUT2D eigenvalue weighted by atomic mass is 32.2. The highest BCUT2D eigenvalue weighted by Gasteiger charge is 2.36. The van der Waals surface area contributed by atoms with Crippen LogP contribution in [0.15, 0.2) is 29.2 Å². The second-order valence-corrected chi connectivity index (χ2v) is 6.02. The molecule has 1 aromatic rings. The lowest BCUT2D eigenvalue weighted by Gasteiger charge is -2.34. The molecule has 2 nitrogen and oxygen atoms in total. The SMILES string of the molecule is CC(C)CNC1(C#N)CCSc2ccccc21. The molecule has 0 aliphatic carbocycles. The van der Waals surface area contributed by atoms with Crippen LogP contribution in [0.2, 0.25) is 0 Å². The molecule has 0 aromatic heterocycles. The first-order valence-electron chi connectivity index (χ1n) is 6.06. The summed E-state index contributed by atoms with van der Waals surface area (Å²) in [4.78, 5) is 1.25. The lowest BCUT2D eigenvalue weighted by atomic mass is 9.87. The van der Waals surface area contributed by atoms with E-state index in [1.54, 1.807) is 0 Å².